The van der Waals surface area contributed by atoms with Gasteiger partial charge in [0.25, 0.3) is 5.91 Å². The summed E-state index contributed by atoms with van der Waals surface area (Å²) >= 11 is 5.64. The van der Waals surface area contributed by atoms with Gasteiger partial charge in [0.2, 0.25) is 11.8 Å². The van der Waals surface area contributed by atoms with Gasteiger partial charge in [0.05, 0.1) is 24.4 Å². The Morgan fingerprint density at radius 1 is 1.29 bits per heavy atom. The Labute approximate surface area is 183 Å². The first-order valence-electron chi connectivity index (χ1n) is 9.93. The first-order valence-corrected chi connectivity index (χ1v) is 10.3. The molecule has 8 nitrogen and oxygen atoms in total. The minimum atomic E-state index is -0.606. The van der Waals surface area contributed by atoms with Crippen molar-refractivity contribution in [1.29, 1.82) is 0 Å². The van der Waals surface area contributed by atoms with Gasteiger partial charge < -0.3 is 20.1 Å². The van der Waals surface area contributed by atoms with Gasteiger partial charge in [-0.3, -0.25) is 9.59 Å². The number of aromatic nitrogens is 2. The molecule has 2 aliphatic carbocycles. The predicted molar refractivity (Wildman–Crippen MR) is 109 cm³/mol. The average Bonchev–Trinajstić information content (AvgIpc) is 2.77. The Kier molecular flexibility index (Phi) is 5.95. The summed E-state index contributed by atoms with van der Waals surface area (Å²) < 4.78 is 23.8. The molecule has 31 heavy (non-hydrogen) atoms. The number of ether oxygens (including phenoxy) is 2. The normalized spacial score (nSPS) is 23.6. The molecular formula is C21H22ClFN4O4. The zero-order chi connectivity index (χ0) is 22.0. The van der Waals surface area contributed by atoms with Crippen LogP contribution in [0.5, 0.6) is 11.6 Å². The van der Waals surface area contributed by atoms with Gasteiger partial charge >= 0.3 is 0 Å². The number of rotatable bonds is 8. The monoisotopic (exact) mass is 448 g/mol. The van der Waals surface area contributed by atoms with Crippen LogP contribution in [0.2, 0.25) is 5.02 Å². The van der Waals surface area contributed by atoms with Crippen LogP contribution in [0.15, 0.2) is 30.3 Å². The van der Waals surface area contributed by atoms with Crippen molar-refractivity contribution < 1.29 is 23.5 Å². The number of nitrogens with one attached hydrogen (secondary N) is 2. The number of benzene rings is 1. The maximum absolute atomic E-state index is 13.5. The molecule has 1 aromatic carbocycles. The van der Waals surface area contributed by atoms with Crippen LogP contribution < -0.4 is 20.1 Å². The molecule has 0 aliphatic heterocycles. The van der Waals surface area contributed by atoms with E-state index in [1.807, 2.05) is 0 Å². The van der Waals surface area contributed by atoms with E-state index in [1.54, 1.807) is 12.1 Å². The number of amides is 2. The molecule has 4 rings (SSSR count). The summed E-state index contributed by atoms with van der Waals surface area (Å²) in [5.41, 5.74) is 0.283. The molecular weight excluding hydrogens is 427 g/mol. The SMILES string of the molecule is COc1ccc(CNC(=O)C2CC3(NC(=O)COc4ccc(Cl)c(F)c4)CCC23)nn1. The van der Waals surface area contributed by atoms with Crippen molar-refractivity contribution in [2.45, 2.75) is 31.3 Å². The van der Waals surface area contributed by atoms with Crippen molar-refractivity contribution in [3.63, 3.8) is 0 Å². The smallest absolute Gasteiger partial charge is 0.258 e. The molecule has 2 amide bonds. The zero-order valence-corrected chi connectivity index (χ0v) is 17.6. The van der Waals surface area contributed by atoms with E-state index in [0.717, 1.165) is 18.9 Å². The second-order valence-electron chi connectivity index (χ2n) is 7.81. The lowest BCUT2D eigenvalue weighted by Gasteiger charge is -2.62. The third-order valence-corrected chi connectivity index (χ3v) is 6.32. The Morgan fingerprint density at radius 2 is 2.13 bits per heavy atom. The summed E-state index contributed by atoms with van der Waals surface area (Å²) in [4.78, 5) is 24.9. The maximum Gasteiger partial charge on any atom is 0.258 e. The van der Waals surface area contributed by atoms with Gasteiger partial charge in [0.1, 0.15) is 11.6 Å². The van der Waals surface area contributed by atoms with E-state index < -0.39 is 5.82 Å². The fourth-order valence-corrected chi connectivity index (χ4v) is 4.36. The Bertz CT molecular complexity index is 990. The second kappa shape index (κ2) is 8.66. The summed E-state index contributed by atoms with van der Waals surface area (Å²) in [7, 11) is 1.51. The van der Waals surface area contributed by atoms with Crippen LogP contribution in [0.25, 0.3) is 0 Å². The Balaban J connectivity index is 1.23. The van der Waals surface area contributed by atoms with Crippen molar-refractivity contribution in [2.24, 2.45) is 11.8 Å². The van der Waals surface area contributed by atoms with E-state index in [9.17, 15) is 14.0 Å². The van der Waals surface area contributed by atoms with Gasteiger partial charge in [0.15, 0.2) is 6.61 Å². The van der Waals surface area contributed by atoms with E-state index >= 15 is 0 Å². The minimum absolute atomic E-state index is 0.00850. The Morgan fingerprint density at radius 3 is 2.74 bits per heavy atom. The molecule has 10 heteroatoms. The molecule has 164 valence electrons. The molecule has 0 saturated heterocycles. The van der Waals surface area contributed by atoms with Crippen LogP contribution in [-0.4, -0.2) is 41.3 Å². The number of fused-ring (bicyclic) bond motifs is 1. The quantitative estimate of drug-likeness (QED) is 0.642. The van der Waals surface area contributed by atoms with Crippen LogP contribution in [0.1, 0.15) is 25.0 Å². The fourth-order valence-electron chi connectivity index (χ4n) is 4.24. The largest absolute Gasteiger partial charge is 0.484 e. The number of nitrogens with zero attached hydrogens (tertiary/aromatic N) is 2. The lowest BCUT2D eigenvalue weighted by molar-refractivity contribution is -0.154. The van der Waals surface area contributed by atoms with E-state index in [1.165, 1.54) is 19.2 Å². The molecule has 0 bridgehead atoms. The average molecular weight is 449 g/mol. The number of halogens is 2. The van der Waals surface area contributed by atoms with Gasteiger partial charge in [0, 0.05) is 23.6 Å². The Hall–Kier alpha value is -2.94. The summed E-state index contributed by atoms with van der Waals surface area (Å²) in [6, 6.07) is 7.44. The highest BCUT2D eigenvalue weighted by Crippen LogP contribution is 2.57. The molecule has 2 fully saturated rings. The minimum Gasteiger partial charge on any atom is -0.484 e. The molecule has 1 aromatic heterocycles. The van der Waals surface area contributed by atoms with Gasteiger partial charge in [-0.1, -0.05) is 11.6 Å². The lowest BCUT2D eigenvalue weighted by atomic mass is 9.47. The highest BCUT2D eigenvalue weighted by Gasteiger charge is 2.62. The van der Waals surface area contributed by atoms with Crippen LogP contribution in [-0.2, 0) is 16.1 Å². The van der Waals surface area contributed by atoms with E-state index in [2.05, 4.69) is 20.8 Å². The molecule has 3 atom stereocenters. The number of methoxy groups -OCH3 is 1. The van der Waals surface area contributed by atoms with Gasteiger partial charge in [-0.05, 0) is 43.4 Å². The summed E-state index contributed by atoms with van der Waals surface area (Å²) in [6.07, 6.45) is 2.29. The molecule has 2 aliphatic rings. The van der Waals surface area contributed by atoms with Crippen LogP contribution >= 0.6 is 11.6 Å². The van der Waals surface area contributed by atoms with Crippen LogP contribution in [0.4, 0.5) is 4.39 Å². The summed E-state index contributed by atoms with van der Waals surface area (Å²) in [5, 5.41) is 13.7. The number of carbonyl (C=O) groups excluding carboxylic acids is 2. The number of carbonyl (C=O) groups is 2. The predicted octanol–water partition coefficient (Wildman–Crippen LogP) is 2.26. The molecule has 2 saturated carbocycles. The third kappa shape index (κ3) is 4.41. The van der Waals surface area contributed by atoms with Crippen molar-refractivity contribution in [3.05, 3.63) is 46.9 Å². The molecule has 1 heterocycles. The third-order valence-electron chi connectivity index (χ3n) is 6.02. The zero-order valence-electron chi connectivity index (χ0n) is 16.9. The summed E-state index contributed by atoms with van der Waals surface area (Å²) in [5.74, 6) is -0.363. The lowest BCUT2D eigenvalue weighted by Crippen LogP contribution is -2.72. The molecule has 3 unspecified atom stereocenters. The molecule has 2 N–H and O–H groups in total. The fraction of sp³-hybridized carbons (Fsp3) is 0.429. The topological polar surface area (TPSA) is 102 Å². The number of hydrogen-bond acceptors (Lipinski definition) is 6. The summed E-state index contributed by atoms with van der Waals surface area (Å²) in [6.45, 7) is 0.0481. The maximum atomic E-state index is 13.5. The molecule has 0 radical (unpaired) electrons. The second-order valence-corrected chi connectivity index (χ2v) is 8.22. The van der Waals surface area contributed by atoms with Gasteiger partial charge in [-0.2, -0.15) is 5.10 Å². The first-order chi connectivity index (χ1) is 14.9. The number of hydrogen-bond donors (Lipinski definition) is 2. The molecule has 0 spiro atoms. The molecule has 2 aromatic rings. The first kappa shape index (κ1) is 21.3. The van der Waals surface area contributed by atoms with Gasteiger partial charge in [-0.25, -0.2) is 4.39 Å². The standard InChI is InChI=1S/C21H22ClFN4O4/c1-30-19-5-2-12(26-27-19)10-24-20(29)14-9-21(7-6-15(14)21)25-18(28)11-31-13-3-4-16(22)17(23)8-13/h2-5,8,14-15H,6-7,9-11H2,1H3,(H,24,29)(H,25,28). The highest BCUT2D eigenvalue weighted by molar-refractivity contribution is 6.30. The van der Waals surface area contributed by atoms with Crippen molar-refractivity contribution in [1.82, 2.24) is 20.8 Å². The van der Waals surface area contributed by atoms with Crippen molar-refractivity contribution in [2.75, 3.05) is 13.7 Å². The van der Waals surface area contributed by atoms with Crippen LogP contribution in [0, 0.1) is 17.7 Å². The van der Waals surface area contributed by atoms with E-state index in [4.69, 9.17) is 21.1 Å². The van der Waals surface area contributed by atoms with E-state index in [0.29, 0.717) is 18.0 Å². The van der Waals surface area contributed by atoms with Crippen molar-refractivity contribution in [3.8, 4) is 11.6 Å². The van der Waals surface area contributed by atoms with E-state index in [-0.39, 0.29) is 53.1 Å². The highest BCUT2D eigenvalue weighted by atomic mass is 35.5. The van der Waals surface area contributed by atoms with Gasteiger partial charge in [-0.15, -0.1) is 5.10 Å². The van der Waals surface area contributed by atoms with Crippen LogP contribution in [0.3, 0.4) is 0 Å². The van der Waals surface area contributed by atoms with Crippen molar-refractivity contribution >= 4 is 23.4 Å².